The van der Waals surface area contributed by atoms with Crippen LogP contribution in [0.5, 0.6) is 11.5 Å². The van der Waals surface area contributed by atoms with E-state index in [2.05, 4.69) is 10.1 Å². The van der Waals surface area contributed by atoms with Crippen LogP contribution in [0.2, 0.25) is 0 Å². The van der Waals surface area contributed by atoms with Gasteiger partial charge in [0, 0.05) is 25.3 Å². The second-order valence-electron chi connectivity index (χ2n) is 5.85. The Kier molecular flexibility index (Phi) is 7.14. The van der Waals surface area contributed by atoms with Crippen molar-refractivity contribution in [3.63, 3.8) is 0 Å². The van der Waals surface area contributed by atoms with Gasteiger partial charge in [0.05, 0.1) is 13.0 Å². The molecule has 0 aliphatic carbocycles. The van der Waals surface area contributed by atoms with Crippen LogP contribution in [0.4, 0.5) is 8.78 Å². The molecule has 0 aromatic heterocycles. The quantitative estimate of drug-likeness (QED) is 0.725. The number of hydrogen-bond acceptors (Lipinski definition) is 5. The molecule has 0 radical (unpaired) electrons. The fourth-order valence-electron chi connectivity index (χ4n) is 2.88. The summed E-state index contributed by atoms with van der Waals surface area (Å²) in [5.74, 6) is -2.49. The molecule has 2 rings (SSSR count). The summed E-state index contributed by atoms with van der Waals surface area (Å²) in [6.07, 6.45) is 1.25. The van der Waals surface area contributed by atoms with Gasteiger partial charge in [-0.15, -0.1) is 0 Å². The Hall–Kier alpha value is -2.42. The fourth-order valence-corrected chi connectivity index (χ4v) is 2.88. The zero-order chi connectivity index (χ0) is 19.1. The molecule has 1 aromatic rings. The van der Waals surface area contributed by atoms with Gasteiger partial charge in [-0.1, -0.05) is 0 Å². The number of rotatable bonds is 8. The lowest BCUT2D eigenvalue weighted by atomic mass is 9.86. The van der Waals surface area contributed by atoms with Gasteiger partial charge in [0.1, 0.15) is 0 Å². The van der Waals surface area contributed by atoms with E-state index in [1.165, 1.54) is 25.3 Å². The second kappa shape index (κ2) is 9.33. The lowest BCUT2D eigenvalue weighted by Crippen LogP contribution is -2.39. The van der Waals surface area contributed by atoms with Gasteiger partial charge < -0.3 is 24.6 Å². The van der Waals surface area contributed by atoms with Crippen molar-refractivity contribution < 1.29 is 37.7 Å². The maximum atomic E-state index is 12.3. The number of carbonyl (C=O) groups is 2. The molecule has 26 heavy (non-hydrogen) atoms. The van der Waals surface area contributed by atoms with Crippen molar-refractivity contribution in [2.45, 2.75) is 19.5 Å². The molecule has 1 fully saturated rings. The van der Waals surface area contributed by atoms with E-state index in [-0.39, 0.29) is 29.5 Å². The number of alkyl halides is 2. The molecule has 1 saturated heterocycles. The molecule has 0 spiro atoms. The van der Waals surface area contributed by atoms with Gasteiger partial charge >= 0.3 is 12.6 Å². The van der Waals surface area contributed by atoms with Gasteiger partial charge in [0.25, 0.3) is 5.91 Å². The fraction of sp³-hybridized carbons (Fsp3) is 0.529. The summed E-state index contributed by atoms with van der Waals surface area (Å²) in [7, 11) is 1.26. The first kappa shape index (κ1) is 19.9. The standard InChI is InChI=1S/C17H21F2NO6/c1-24-14-8-11(2-3-13(14)26-17(18)19)15(21)20-9-12(16(22)23)10-4-6-25-7-5-10/h2-3,8,10,12,17H,4-7,9H2,1H3,(H,20,21)(H,22,23). The third-order valence-electron chi connectivity index (χ3n) is 4.28. The number of ether oxygens (including phenoxy) is 3. The lowest BCUT2D eigenvalue weighted by molar-refractivity contribution is -0.144. The molecular weight excluding hydrogens is 352 g/mol. The van der Waals surface area contributed by atoms with Gasteiger partial charge in [0.15, 0.2) is 11.5 Å². The zero-order valence-corrected chi connectivity index (χ0v) is 14.2. The first-order valence-electron chi connectivity index (χ1n) is 8.14. The number of halogens is 2. The first-order chi connectivity index (χ1) is 12.4. The van der Waals surface area contributed by atoms with Crippen molar-refractivity contribution in [1.82, 2.24) is 5.32 Å². The minimum Gasteiger partial charge on any atom is -0.493 e. The highest BCUT2D eigenvalue weighted by Crippen LogP contribution is 2.29. The number of carbonyl (C=O) groups excluding carboxylic acids is 1. The van der Waals surface area contributed by atoms with Crippen LogP contribution in [-0.4, -0.2) is 50.5 Å². The number of benzene rings is 1. The van der Waals surface area contributed by atoms with Gasteiger partial charge in [-0.3, -0.25) is 9.59 Å². The molecule has 1 amide bonds. The van der Waals surface area contributed by atoms with E-state index in [0.29, 0.717) is 26.1 Å². The largest absolute Gasteiger partial charge is 0.493 e. The summed E-state index contributed by atoms with van der Waals surface area (Å²) in [5.41, 5.74) is 0.152. The van der Waals surface area contributed by atoms with E-state index in [9.17, 15) is 23.5 Å². The molecular formula is C17H21F2NO6. The van der Waals surface area contributed by atoms with Gasteiger partial charge in [-0.2, -0.15) is 8.78 Å². The zero-order valence-electron chi connectivity index (χ0n) is 14.2. The van der Waals surface area contributed by atoms with E-state index >= 15 is 0 Å². The topological polar surface area (TPSA) is 94.1 Å². The number of hydrogen-bond donors (Lipinski definition) is 2. The summed E-state index contributed by atoms with van der Waals surface area (Å²) >= 11 is 0. The highest BCUT2D eigenvalue weighted by atomic mass is 19.3. The molecule has 1 unspecified atom stereocenters. The van der Waals surface area contributed by atoms with Crippen molar-refractivity contribution in [3.05, 3.63) is 23.8 Å². The molecule has 1 atom stereocenters. The van der Waals surface area contributed by atoms with Gasteiger partial charge in [-0.05, 0) is 37.0 Å². The van der Waals surface area contributed by atoms with Crippen LogP contribution >= 0.6 is 0 Å². The molecule has 0 saturated carbocycles. The molecule has 2 N–H and O–H groups in total. The highest BCUT2D eigenvalue weighted by Gasteiger charge is 2.30. The van der Waals surface area contributed by atoms with E-state index in [0.717, 1.165) is 0 Å². The predicted molar refractivity (Wildman–Crippen MR) is 86.6 cm³/mol. The average Bonchev–Trinajstić information content (AvgIpc) is 2.62. The van der Waals surface area contributed by atoms with Crippen LogP contribution in [0.15, 0.2) is 18.2 Å². The average molecular weight is 373 g/mol. The molecule has 1 aliphatic rings. The third-order valence-corrected chi connectivity index (χ3v) is 4.28. The third kappa shape index (κ3) is 5.29. The minimum atomic E-state index is -3.01. The molecule has 9 heteroatoms. The second-order valence-corrected chi connectivity index (χ2v) is 5.85. The van der Waals surface area contributed by atoms with Crippen molar-refractivity contribution in [1.29, 1.82) is 0 Å². The monoisotopic (exact) mass is 373 g/mol. The molecule has 1 aromatic carbocycles. The van der Waals surface area contributed by atoms with E-state index < -0.39 is 24.4 Å². The Morgan fingerprint density at radius 3 is 2.58 bits per heavy atom. The van der Waals surface area contributed by atoms with E-state index in [4.69, 9.17) is 9.47 Å². The summed E-state index contributed by atoms with van der Waals surface area (Å²) in [5, 5.41) is 12.0. The summed E-state index contributed by atoms with van der Waals surface area (Å²) in [6.45, 7) is -2.04. The Bertz CT molecular complexity index is 634. The van der Waals surface area contributed by atoms with Crippen LogP contribution in [0, 0.1) is 11.8 Å². The Morgan fingerprint density at radius 2 is 2.00 bits per heavy atom. The van der Waals surface area contributed by atoms with E-state index in [1.807, 2.05) is 0 Å². The number of aliphatic carboxylic acids is 1. The summed E-state index contributed by atoms with van der Waals surface area (Å²) in [6, 6.07) is 3.77. The number of methoxy groups -OCH3 is 1. The summed E-state index contributed by atoms with van der Waals surface area (Å²) < 4.78 is 39.2. The van der Waals surface area contributed by atoms with Crippen LogP contribution in [0.3, 0.4) is 0 Å². The lowest BCUT2D eigenvalue weighted by Gasteiger charge is -2.27. The molecule has 0 bridgehead atoms. The molecule has 1 heterocycles. The van der Waals surface area contributed by atoms with Crippen molar-refractivity contribution in [2.75, 3.05) is 26.9 Å². The number of carboxylic acid groups (broad SMARTS) is 1. The normalized spacial score (nSPS) is 16.2. The van der Waals surface area contributed by atoms with Crippen molar-refractivity contribution in [2.24, 2.45) is 11.8 Å². The Labute approximate surface area is 149 Å². The van der Waals surface area contributed by atoms with Crippen LogP contribution in [-0.2, 0) is 9.53 Å². The minimum absolute atomic E-state index is 0.0165. The van der Waals surface area contributed by atoms with Gasteiger partial charge in [-0.25, -0.2) is 0 Å². The Balaban J connectivity index is 2.02. The van der Waals surface area contributed by atoms with Crippen molar-refractivity contribution in [3.8, 4) is 11.5 Å². The first-order valence-corrected chi connectivity index (χ1v) is 8.14. The van der Waals surface area contributed by atoms with E-state index in [1.54, 1.807) is 0 Å². The SMILES string of the molecule is COc1cc(C(=O)NCC(C(=O)O)C2CCOCC2)ccc1OC(F)F. The molecule has 1 aliphatic heterocycles. The Morgan fingerprint density at radius 1 is 1.31 bits per heavy atom. The summed E-state index contributed by atoms with van der Waals surface area (Å²) in [4.78, 5) is 23.8. The van der Waals surface area contributed by atoms with Crippen molar-refractivity contribution >= 4 is 11.9 Å². The number of carboxylic acids is 1. The smallest absolute Gasteiger partial charge is 0.387 e. The van der Waals surface area contributed by atoms with Crippen LogP contribution in [0.1, 0.15) is 23.2 Å². The van der Waals surface area contributed by atoms with Gasteiger partial charge in [0.2, 0.25) is 0 Å². The maximum absolute atomic E-state index is 12.3. The molecule has 144 valence electrons. The van der Waals surface area contributed by atoms with Crippen LogP contribution < -0.4 is 14.8 Å². The number of nitrogens with one attached hydrogen (secondary N) is 1. The predicted octanol–water partition coefficient (Wildman–Crippen LogP) is 2.15. The highest BCUT2D eigenvalue weighted by molar-refractivity contribution is 5.95. The maximum Gasteiger partial charge on any atom is 0.387 e. The molecule has 7 nitrogen and oxygen atoms in total. The van der Waals surface area contributed by atoms with Crippen LogP contribution in [0.25, 0.3) is 0 Å². The number of amides is 1.